The van der Waals surface area contributed by atoms with Gasteiger partial charge in [0, 0.05) is 11.6 Å². The van der Waals surface area contributed by atoms with Gasteiger partial charge < -0.3 is 16.2 Å². The lowest BCUT2D eigenvalue weighted by atomic mass is 9.85. The molecular weight excluding hydrogens is 248 g/mol. The lowest BCUT2D eigenvalue weighted by Gasteiger charge is -2.23. The molecule has 0 spiro atoms. The van der Waals surface area contributed by atoms with E-state index in [4.69, 9.17) is 16.2 Å². The van der Waals surface area contributed by atoms with E-state index in [1.807, 2.05) is 18.2 Å². The van der Waals surface area contributed by atoms with Crippen molar-refractivity contribution >= 4 is 11.4 Å². The summed E-state index contributed by atoms with van der Waals surface area (Å²) in [5.74, 6) is 1.55. The zero-order valence-corrected chi connectivity index (χ0v) is 12.5. The smallest absolute Gasteiger partial charge is 0.131 e. The highest BCUT2D eigenvalue weighted by molar-refractivity contribution is 5.65. The van der Waals surface area contributed by atoms with E-state index in [2.05, 4.69) is 33.8 Å². The van der Waals surface area contributed by atoms with E-state index in [0.29, 0.717) is 17.1 Å². The lowest BCUT2D eigenvalue weighted by Crippen LogP contribution is -2.12. The minimum absolute atomic E-state index is 0.0146. The van der Waals surface area contributed by atoms with Gasteiger partial charge in [-0.2, -0.15) is 0 Å². The summed E-state index contributed by atoms with van der Waals surface area (Å²) in [6.07, 6.45) is 0. The molecule has 0 unspecified atom stereocenters. The van der Waals surface area contributed by atoms with Gasteiger partial charge in [-0.3, -0.25) is 0 Å². The molecule has 2 rings (SSSR count). The first kappa shape index (κ1) is 14.3. The van der Waals surface area contributed by atoms with Gasteiger partial charge in [-0.15, -0.1) is 0 Å². The van der Waals surface area contributed by atoms with Crippen molar-refractivity contribution in [3.8, 4) is 11.5 Å². The Kier molecular flexibility index (Phi) is 3.62. The fraction of sp³-hybridized carbons (Fsp3) is 0.294. The summed E-state index contributed by atoms with van der Waals surface area (Å²) in [5, 5.41) is 0. The molecule has 0 aromatic heterocycles. The molecular formula is C17H22N2O. The molecule has 4 N–H and O–H groups in total. The van der Waals surface area contributed by atoms with Crippen LogP contribution in [0.15, 0.2) is 36.4 Å². The Morgan fingerprint density at radius 3 is 2.20 bits per heavy atom. The van der Waals surface area contributed by atoms with Crippen LogP contribution in [0.3, 0.4) is 0 Å². The topological polar surface area (TPSA) is 61.3 Å². The summed E-state index contributed by atoms with van der Waals surface area (Å²) in [6, 6.07) is 11.6. The van der Waals surface area contributed by atoms with Gasteiger partial charge >= 0.3 is 0 Å². The van der Waals surface area contributed by atoms with E-state index in [1.54, 1.807) is 12.1 Å². The number of anilines is 2. The van der Waals surface area contributed by atoms with Gasteiger partial charge in [0.25, 0.3) is 0 Å². The predicted molar refractivity (Wildman–Crippen MR) is 85.2 cm³/mol. The summed E-state index contributed by atoms with van der Waals surface area (Å²) in [6.45, 7) is 8.60. The van der Waals surface area contributed by atoms with Gasteiger partial charge in [0.2, 0.25) is 0 Å². The highest BCUT2D eigenvalue weighted by Gasteiger charge is 2.19. The zero-order chi connectivity index (χ0) is 14.9. The predicted octanol–water partition coefficient (Wildman–Crippen LogP) is 4.25. The second-order valence-electron chi connectivity index (χ2n) is 6.14. The molecule has 0 aliphatic rings. The monoisotopic (exact) mass is 270 g/mol. The van der Waals surface area contributed by atoms with Crippen LogP contribution in [0.4, 0.5) is 11.4 Å². The van der Waals surface area contributed by atoms with Crippen molar-refractivity contribution in [1.29, 1.82) is 0 Å². The molecule has 0 heterocycles. The number of nitrogen functional groups attached to an aromatic ring is 2. The molecule has 0 saturated heterocycles. The van der Waals surface area contributed by atoms with Crippen molar-refractivity contribution in [2.75, 3.05) is 11.5 Å². The quantitative estimate of drug-likeness (QED) is 0.802. The third-order valence-corrected chi connectivity index (χ3v) is 3.23. The molecule has 0 atom stereocenters. The maximum absolute atomic E-state index is 5.99. The van der Waals surface area contributed by atoms with E-state index in [0.717, 1.165) is 5.75 Å². The van der Waals surface area contributed by atoms with Crippen LogP contribution in [0.2, 0.25) is 0 Å². The number of rotatable bonds is 2. The number of aryl methyl sites for hydroxylation is 1. The van der Waals surface area contributed by atoms with Crippen LogP contribution in [0, 0.1) is 6.92 Å². The Balaban J connectivity index is 2.40. The van der Waals surface area contributed by atoms with Gasteiger partial charge in [-0.25, -0.2) is 0 Å². The molecule has 2 aromatic carbocycles. The van der Waals surface area contributed by atoms with Crippen molar-refractivity contribution in [1.82, 2.24) is 0 Å². The molecule has 0 bridgehead atoms. The minimum atomic E-state index is 0.0146. The van der Waals surface area contributed by atoms with Crippen LogP contribution >= 0.6 is 0 Å². The van der Waals surface area contributed by atoms with E-state index >= 15 is 0 Å². The molecule has 0 radical (unpaired) electrons. The molecule has 2 aromatic rings. The number of benzene rings is 2. The molecule has 106 valence electrons. The zero-order valence-electron chi connectivity index (χ0n) is 12.5. The number of ether oxygens (including phenoxy) is 1. The molecule has 0 amide bonds. The second kappa shape index (κ2) is 5.08. The number of hydrogen-bond acceptors (Lipinski definition) is 3. The standard InChI is InChI=1S/C17H22N2O/c1-11-5-8-16(13(9-11)17(2,3)4)20-12-6-7-14(18)15(19)10-12/h5-10H,18-19H2,1-4H3. The first-order chi connectivity index (χ1) is 9.27. The average molecular weight is 270 g/mol. The number of hydrogen-bond donors (Lipinski definition) is 2. The second-order valence-corrected chi connectivity index (χ2v) is 6.14. The minimum Gasteiger partial charge on any atom is -0.457 e. The first-order valence-electron chi connectivity index (χ1n) is 6.71. The summed E-state index contributed by atoms with van der Waals surface area (Å²) in [7, 11) is 0. The van der Waals surface area contributed by atoms with Crippen LogP contribution in [-0.2, 0) is 5.41 Å². The van der Waals surface area contributed by atoms with Gasteiger partial charge in [-0.1, -0.05) is 38.5 Å². The fourth-order valence-corrected chi connectivity index (χ4v) is 2.06. The molecule has 0 aliphatic heterocycles. The molecule has 0 fully saturated rings. The third kappa shape index (κ3) is 3.05. The summed E-state index contributed by atoms with van der Waals surface area (Å²) in [4.78, 5) is 0. The van der Waals surface area contributed by atoms with Gasteiger partial charge in [0.05, 0.1) is 11.4 Å². The maximum Gasteiger partial charge on any atom is 0.131 e. The average Bonchev–Trinajstić information content (AvgIpc) is 2.35. The molecule has 0 aliphatic carbocycles. The van der Waals surface area contributed by atoms with Crippen molar-refractivity contribution in [3.63, 3.8) is 0 Å². The Labute approximate surface area is 120 Å². The van der Waals surface area contributed by atoms with E-state index in [9.17, 15) is 0 Å². The first-order valence-corrected chi connectivity index (χ1v) is 6.71. The van der Waals surface area contributed by atoms with E-state index < -0.39 is 0 Å². The Morgan fingerprint density at radius 1 is 0.900 bits per heavy atom. The fourth-order valence-electron chi connectivity index (χ4n) is 2.06. The van der Waals surface area contributed by atoms with Crippen LogP contribution in [-0.4, -0.2) is 0 Å². The van der Waals surface area contributed by atoms with Crippen molar-refractivity contribution < 1.29 is 4.74 Å². The van der Waals surface area contributed by atoms with Gasteiger partial charge in [0.1, 0.15) is 11.5 Å². The van der Waals surface area contributed by atoms with Crippen LogP contribution in [0.1, 0.15) is 31.9 Å². The van der Waals surface area contributed by atoms with Gasteiger partial charge in [-0.05, 0) is 30.5 Å². The van der Waals surface area contributed by atoms with Gasteiger partial charge in [0.15, 0.2) is 0 Å². The normalized spacial score (nSPS) is 11.4. The molecule has 0 saturated carbocycles. The van der Waals surface area contributed by atoms with Crippen molar-refractivity contribution in [2.24, 2.45) is 0 Å². The SMILES string of the molecule is Cc1ccc(Oc2ccc(N)c(N)c2)c(C(C)(C)C)c1. The van der Waals surface area contributed by atoms with Crippen molar-refractivity contribution in [3.05, 3.63) is 47.5 Å². The van der Waals surface area contributed by atoms with Crippen molar-refractivity contribution in [2.45, 2.75) is 33.1 Å². The highest BCUT2D eigenvalue weighted by atomic mass is 16.5. The molecule has 3 heteroatoms. The Morgan fingerprint density at radius 2 is 1.60 bits per heavy atom. The largest absolute Gasteiger partial charge is 0.457 e. The summed E-state index contributed by atoms with van der Waals surface area (Å²) < 4.78 is 5.99. The molecule has 3 nitrogen and oxygen atoms in total. The van der Waals surface area contributed by atoms with Crippen LogP contribution < -0.4 is 16.2 Å². The highest BCUT2D eigenvalue weighted by Crippen LogP contribution is 2.35. The maximum atomic E-state index is 5.99. The molecule has 20 heavy (non-hydrogen) atoms. The third-order valence-electron chi connectivity index (χ3n) is 3.23. The lowest BCUT2D eigenvalue weighted by molar-refractivity contribution is 0.455. The summed E-state index contributed by atoms with van der Waals surface area (Å²) in [5.41, 5.74) is 15.0. The Hall–Kier alpha value is -2.16. The number of nitrogens with two attached hydrogens (primary N) is 2. The van der Waals surface area contributed by atoms with Crippen LogP contribution in [0.5, 0.6) is 11.5 Å². The van der Waals surface area contributed by atoms with Crippen LogP contribution in [0.25, 0.3) is 0 Å². The summed E-state index contributed by atoms with van der Waals surface area (Å²) >= 11 is 0. The van der Waals surface area contributed by atoms with E-state index in [1.165, 1.54) is 11.1 Å². The Bertz CT molecular complexity index is 627. The van der Waals surface area contributed by atoms with E-state index in [-0.39, 0.29) is 5.41 Å².